The predicted molar refractivity (Wildman–Crippen MR) is 129 cm³/mol. The highest BCUT2D eigenvalue weighted by Gasteiger charge is 2.23. The molecule has 1 saturated heterocycles. The molecule has 0 atom stereocenters. The molecule has 0 N–H and O–H groups in total. The molecule has 33 heavy (non-hydrogen) atoms. The smallest absolute Gasteiger partial charge is 0.227 e. The van der Waals surface area contributed by atoms with Crippen molar-refractivity contribution in [1.82, 2.24) is 24.7 Å². The summed E-state index contributed by atoms with van der Waals surface area (Å²) in [7, 11) is 0. The number of benzene rings is 2. The Morgan fingerprint density at radius 2 is 1.64 bits per heavy atom. The average molecular weight is 481 g/mol. The number of rotatable bonds is 5. The molecule has 1 aliphatic heterocycles. The maximum absolute atomic E-state index is 12.8. The van der Waals surface area contributed by atoms with Gasteiger partial charge in [0.25, 0.3) is 0 Å². The van der Waals surface area contributed by atoms with Crippen molar-refractivity contribution in [3.63, 3.8) is 0 Å². The fourth-order valence-electron chi connectivity index (χ4n) is 4.00. The summed E-state index contributed by atoms with van der Waals surface area (Å²) in [6.45, 7) is 2.70. The Morgan fingerprint density at radius 1 is 0.848 bits per heavy atom. The Balaban J connectivity index is 1.24. The Labute approximate surface area is 201 Å². The van der Waals surface area contributed by atoms with Crippen molar-refractivity contribution in [2.75, 3.05) is 31.1 Å². The third kappa shape index (κ3) is 4.79. The van der Waals surface area contributed by atoms with Gasteiger partial charge in [0.15, 0.2) is 11.5 Å². The predicted octanol–water partition coefficient (Wildman–Crippen LogP) is 3.91. The summed E-state index contributed by atoms with van der Waals surface area (Å²) in [5.41, 5.74) is 2.75. The van der Waals surface area contributed by atoms with Gasteiger partial charge < -0.3 is 9.80 Å². The molecule has 1 fully saturated rings. The van der Waals surface area contributed by atoms with Crippen LogP contribution in [0.5, 0.6) is 0 Å². The number of hydrogen-bond donors (Lipinski definition) is 0. The summed E-state index contributed by atoms with van der Waals surface area (Å²) in [5, 5.41) is 14.3. The fourth-order valence-corrected chi connectivity index (χ4v) is 4.32. The molecular formula is C24H22Cl2N6O. The molecule has 3 heterocycles. The van der Waals surface area contributed by atoms with Crippen molar-refractivity contribution in [3.05, 3.63) is 87.7 Å². The highest BCUT2D eigenvalue weighted by Crippen LogP contribution is 2.23. The minimum atomic E-state index is 0.0837. The number of halogens is 2. The number of piperazine rings is 1. The van der Waals surface area contributed by atoms with Gasteiger partial charge in [-0.25, -0.2) is 0 Å². The Morgan fingerprint density at radius 3 is 2.39 bits per heavy atom. The summed E-state index contributed by atoms with van der Waals surface area (Å²) in [6.07, 6.45) is 0.972. The molecule has 1 amide bonds. The highest BCUT2D eigenvalue weighted by atomic mass is 35.5. The van der Waals surface area contributed by atoms with Crippen LogP contribution in [0.3, 0.4) is 0 Å². The van der Waals surface area contributed by atoms with Gasteiger partial charge in [-0.15, -0.1) is 15.3 Å². The first kappa shape index (κ1) is 21.7. The van der Waals surface area contributed by atoms with Crippen molar-refractivity contribution in [2.24, 2.45) is 0 Å². The number of carbonyl (C=O) groups is 1. The maximum Gasteiger partial charge on any atom is 0.227 e. The van der Waals surface area contributed by atoms with Crippen LogP contribution in [-0.2, 0) is 17.6 Å². The zero-order valence-electron chi connectivity index (χ0n) is 17.9. The van der Waals surface area contributed by atoms with E-state index < -0.39 is 0 Å². The number of aromatic nitrogens is 4. The molecule has 0 aliphatic carbocycles. The second-order valence-corrected chi connectivity index (χ2v) is 8.85. The van der Waals surface area contributed by atoms with E-state index in [9.17, 15) is 4.79 Å². The topological polar surface area (TPSA) is 66.6 Å². The number of hydrogen-bond acceptors (Lipinski definition) is 5. The van der Waals surface area contributed by atoms with Gasteiger partial charge in [0, 0.05) is 32.6 Å². The summed E-state index contributed by atoms with van der Waals surface area (Å²) in [5.74, 6) is 1.74. The zero-order valence-corrected chi connectivity index (χ0v) is 19.4. The second-order valence-electron chi connectivity index (χ2n) is 8.03. The summed E-state index contributed by atoms with van der Waals surface area (Å²) >= 11 is 12.0. The van der Waals surface area contributed by atoms with E-state index in [-0.39, 0.29) is 5.91 Å². The minimum absolute atomic E-state index is 0.0837. The SMILES string of the molecule is O=C(Cc1ccc(Cl)c(Cl)c1)N1CCN(c2ccc3nnc(Cc4ccccc4)n3n2)CC1. The molecule has 0 spiro atoms. The molecule has 168 valence electrons. The number of anilines is 1. The standard InChI is InChI=1S/C24H22Cl2N6O/c25-19-7-6-18(14-20(19)26)16-24(33)31-12-10-30(11-13-31)22-9-8-21-27-28-23(32(21)29-22)15-17-4-2-1-3-5-17/h1-9,14H,10-13,15-16H2. The van der Waals surface area contributed by atoms with Gasteiger partial charge in [0.2, 0.25) is 5.91 Å². The lowest BCUT2D eigenvalue weighted by Gasteiger charge is -2.35. The lowest BCUT2D eigenvalue weighted by atomic mass is 10.1. The third-order valence-electron chi connectivity index (χ3n) is 5.81. The molecular weight excluding hydrogens is 459 g/mol. The first-order valence-electron chi connectivity index (χ1n) is 10.8. The van der Waals surface area contributed by atoms with Crippen LogP contribution in [0.2, 0.25) is 10.0 Å². The summed E-state index contributed by atoms with van der Waals surface area (Å²) < 4.78 is 1.81. The van der Waals surface area contributed by atoms with E-state index in [0.717, 1.165) is 28.4 Å². The van der Waals surface area contributed by atoms with Gasteiger partial charge in [-0.05, 0) is 35.4 Å². The minimum Gasteiger partial charge on any atom is -0.352 e. The van der Waals surface area contributed by atoms with Gasteiger partial charge in [-0.2, -0.15) is 4.52 Å². The number of carbonyl (C=O) groups excluding carboxylic acids is 1. The van der Waals surface area contributed by atoms with Crippen molar-refractivity contribution in [3.8, 4) is 0 Å². The zero-order chi connectivity index (χ0) is 22.8. The fraction of sp³-hybridized carbons (Fsp3) is 0.250. The first-order valence-corrected chi connectivity index (χ1v) is 11.5. The normalized spacial score (nSPS) is 14.1. The highest BCUT2D eigenvalue weighted by molar-refractivity contribution is 6.42. The van der Waals surface area contributed by atoms with Crippen LogP contribution in [0.4, 0.5) is 5.82 Å². The number of amides is 1. The molecule has 0 bridgehead atoms. The number of fused-ring (bicyclic) bond motifs is 1. The van der Waals surface area contributed by atoms with E-state index in [1.54, 1.807) is 12.1 Å². The summed E-state index contributed by atoms with van der Waals surface area (Å²) in [6, 6.07) is 19.4. The molecule has 5 rings (SSSR count). The molecule has 2 aromatic heterocycles. The lowest BCUT2D eigenvalue weighted by Crippen LogP contribution is -2.49. The van der Waals surface area contributed by atoms with Crippen LogP contribution in [0.25, 0.3) is 5.65 Å². The van der Waals surface area contributed by atoms with Crippen LogP contribution in [-0.4, -0.2) is 56.8 Å². The monoisotopic (exact) mass is 480 g/mol. The van der Waals surface area contributed by atoms with Gasteiger partial charge in [-0.3, -0.25) is 4.79 Å². The van der Waals surface area contributed by atoms with Gasteiger partial charge in [0.05, 0.1) is 16.5 Å². The molecule has 7 nitrogen and oxygen atoms in total. The Kier molecular flexibility index (Phi) is 6.15. The Hall–Kier alpha value is -3.16. The van der Waals surface area contributed by atoms with Crippen LogP contribution < -0.4 is 4.90 Å². The van der Waals surface area contributed by atoms with Gasteiger partial charge >= 0.3 is 0 Å². The molecule has 4 aromatic rings. The van der Waals surface area contributed by atoms with E-state index >= 15 is 0 Å². The van der Waals surface area contributed by atoms with Gasteiger partial charge in [-0.1, -0.05) is 59.6 Å². The second kappa shape index (κ2) is 9.37. The largest absolute Gasteiger partial charge is 0.352 e. The third-order valence-corrected chi connectivity index (χ3v) is 6.55. The van der Waals surface area contributed by atoms with Crippen molar-refractivity contribution >= 4 is 40.6 Å². The maximum atomic E-state index is 12.8. The first-order chi connectivity index (χ1) is 16.1. The van der Waals surface area contributed by atoms with E-state index in [2.05, 4.69) is 27.2 Å². The van der Waals surface area contributed by atoms with Crippen LogP contribution >= 0.6 is 23.2 Å². The lowest BCUT2D eigenvalue weighted by molar-refractivity contribution is -0.130. The quantitative estimate of drug-likeness (QED) is 0.433. The van der Waals surface area contributed by atoms with E-state index in [0.29, 0.717) is 49.1 Å². The summed E-state index contributed by atoms with van der Waals surface area (Å²) in [4.78, 5) is 16.8. The molecule has 0 unspecified atom stereocenters. The molecule has 1 aliphatic rings. The van der Waals surface area contributed by atoms with Crippen LogP contribution in [0.15, 0.2) is 60.7 Å². The van der Waals surface area contributed by atoms with Crippen LogP contribution in [0.1, 0.15) is 17.0 Å². The molecule has 0 saturated carbocycles. The van der Waals surface area contributed by atoms with Crippen LogP contribution in [0, 0.1) is 0 Å². The van der Waals surface area contributed by atoms with E-state index in [1.807, 2.05) is 45.8 Å². The van der Waals surface area contributed by atoms with Gasteiger partial charge in [0.1, 0.15) is 5.82 Å². The molecule has 2 aromatic carbocycles. The molecule has 0 radical (unpaired) electrons. The Bertz CT molecular complexity index is 1280. The molecule has 9 heteroatoms. The average Bonchev–Trinajstić information content (AvgIpc) is 3.24. The van der Waals surface area contributed by atoms with Crippen molar-refractivity contribution < 1.29 is 4.79 Å². The van der Waals surface area contributed by atoms with Crippen molar-refractivity contribution in [1.29, 1.82) is 0 Å². The number of nitrogens with zero attached hydrogens (tertiary/aromatic N) is 6. The van der Waals surface area contributed by atoms with E-state index in [4.69, 9.17) is 28.3 Å². The van der Waals surface area contributed by atoms with E-state index in [1.165, 1.54) is 0 Å². The van der Waals surface area contributed by atoms with Crippen molar-refractivity contribution in [2.45, 2.75) is 12.8 Å².